The summed E-state index contributed by atoms with van der Waals surface area (Å²) in [6.07, 6.45) is 1.12. The zero-order valence-corrected chi connectivity index (χ0v) is 30.5. The number of hydrogen-bond acceptors (Lipinski definition) is 5. The van der Waals surface area contributed by atoms with Gasteiger partial charge >= 0.3 is 6.09 Å². The molecule has 1 N–H and O–H groups in total. The Kier molecular flexibility index (Phi) is 10.8. The molecule has 0 atom stereocenters. The Bertz CT molecular complexity index is 1950. The molecular formula is C45H47N4O4+. The van der Waals surface area contributed by atoms with Crippen molar-refractivity contribution in [2.45, 2.75) is 38.1 Å². The Labute approximate surface area is 312 Å². The molecular weight excluding hydrogens is 661 g/mol. The number of fused-ring (bicyclic) bond motifs is 1. The molecule has 0 aromatic heterocycles. The largest absolute Gasteiger partial charge is 0.446 e. The Balaban J connectivity index is 0.861. The first-order valence-electron chi connectivity index (χ1n) is 18.5. The summed E-state index contributed by atoms with van der Waals surface area (Å²) >= 11 is 0. The van der Waals surface area contributed by atoms with Gasteiger partial charge in [0.1, 0.15) is 12.6 Å². The highest BCUT2D eigenvalue weighted by Crippen LogP contribution is 2.26. The molecule has 7 rings (SSSR count). The van der Waals surface area contributed by atoms with Gasteiger partial charge in [-0.2, -0.15) is 0 Å². The van der Waals surface area contributed by atoms with Crippen molar-refractivity contribution in [2.75, 3.05) is 40.3 Å². The van der Waals surface area contributed by atoms with E-state index >= 15 is 0 Å². The van der Waals surface area contributed by atoms with E-state index in [-0.39, 0.29) is 30.1 Å². The third kappa shape index (κ3) is 8.74. The number of likely N-dealkylation sites (N-methyl/N-ethyl adjacent to an activating group) is 1. The van der Waals surface area contributed by atoms with Crippen LogP contribution < -0.4 is 5.32 Å². The van der Waals surface area contributed by atoms with Gasteiger partial charge in [0.25, 0.3) is 11.8 Å². The number of rotatable bonds is 12. The Hall–Kier alpha value is -5.57. The van der Waals surface area contributed by atoms with Crippen LogP contribution >= 0.6 is 0 Å². The fraction of sp³-hybridized carbons (Fsp3) is 0.267. The number of piperidine rings is 1. The second-order valence-corrected chi connectivity index (χ2v) is 14.8. The van der Waals surface area contributed by atoms with E-state index in [1.165, 1.54) is 21.6 Å². The number of imide groups is 1. The summed E-state index contributed by atoms with van der Waals surface area (Å²) in [4.78, 5) is 42.4. The minimum Gasteiger partial charge on any atom is -0.446 e. The number of carbonyl (C=O) groups is 3. The smallest absolute Gasteiger partial charge is 0.408 e. The lowest BCUT2D eigenvalue weighted by Crippen LogP contribution is -2.46. The van der Waals surface area contributed by atoms with Gasteiger partial charge in [-0.3, -0.25) is 19.4 Å². The van der Waals surface area contributed by atoms with Crippen LogP contribution in [-0.4, -0.2) is 78.6 Å². The highest BCUT2D eigenvalue weighted by molar-refractivity contribution is 6.21. The minimum atomic E-state index is -0.382. The van der Waals surface area contributed by atoms with Crippen molar-refractivity contribution in [3.63, 3.8) is 0 Å². The third-order valence-electron chi connectivity index (χ3n) is 10.4. The zero-order chi connectivity index (χ0) is 36.8. The monoisotopic (exact) mass is 707 g/mol. The van der Waals surface area contributed by atoms with Crippen LogP contribution in [-0.2, 0) is 17.8 Å². The van der Waals surface area contributed by atoms with Gasteiger partial charge in [0.05, 0.1) is 44.4 Å². The van der Waals surface area contributed by atoms with Crippen molar-refractivity contribution in [1.82, 2.24) is 15.1 Å². The SMILES string of the molecule is C[N+](C)(CCN1C(=O)c2ccccc2C1=O)Cc1ccc(-c2ccc(CN3CCC(OC(=O)NC(c4ccccc4)c4ccccc4)CC3)cc2)cc1. The van der Waals surface area contributed by atoms with Crippen molar-refractivity contribution in [3.05, 3.63) is 167 Å². The fourth-order valence-corrected chi connectivity index (χ4v) is 7.39. The van der Waals surface area contributed by atoms with Gasteiger partial charge in [-0.1, -0.05) is 121 Å². The molecule has 0 aliphatic carbocycles. The second kappa shape index (κ2) is 16.0. The number of benzene rings is 5. The Morgan fingerprint density at radius 2 is 1.19 bits per heavy atom. The van der Waals surface area contributed by atoms with E-state index < -0.39 is 0 Å². The lowest BCUT2D eigenvalue weighted by molar-refractivity contribution is -0.902. The van der Waals surface area contributed by atoms with Gasteiger partial charge in [0.15, 0.2) is 0 Å². The molecule has 0 bridgehead atoms. The summed E-state index contributed by atoms with van der Waals surface area (Å²) < 4.78 is 6.56. The van der Waals surface area contributed by atoms with Crippen LogP contribution in [0, 0.1) is 0 Å². The zero-order valence-electron chi connectivity index (χ0n) is 30.5. The number of nitrogens with one attached hydrogen (secondary N) is 1. The van der Waals surface area contributed by atoms with Crippen LogP contribution in [0.1, 0.15) is 61.9 Å². The average Bonchev–Trinajstić information content (AvgIpc) is 3.43. The quantitative estimate of drug-likeness (QED) is 0.106. The first-order chi connectivity index (χ1) is 25.7. The molecule has 8 nitrogen and oxygen atoms in total. The standard InChI is InChI=1S/C45H46N4O4/c1-49(2,30-29-48-43(50)40-15-9-10-16-41(40)44(48)51)32-34-19-23-36(24-20-34)35-21-17-33(18-22-35)31-47-27-25-39(26-28-47)53-45(52)46-42(37-11-5-3-6-12-37)38-13-7-4-8-14-38/h3-24,39,42H,25-32H2,1-2H3/p+1. The molecule has 53 heavy (non-hydrogen) atoms. The number of likely N-dealkylation sites (tertiary alicyclic amines) is 1. The molecule has 8 heteroatoms. The fourth-order valence-electron chi connectivity index (χ4n) is 7.39. The maximum absolute atomic E-state index is 13.0. The highest BCUT2D eigenvalue weighted by atomic mass is 16.6. The summed E-state index contributed by atoms with van der Waals surface area (Å²) in [5.74, 6) is -0.400. The van der Waals surface area contributed by atoms with Gasteiger partial charge in [-0.15, -0.1) is 0 Å². The van der Waals surface area contributed by atoms with Gasteiger partial charge < -0.3 is 14.5 Å². The van der Waals surface area contributed by atoms with Crippen LogP contribution in [0.2, 0.25) is 0 Å². The van der Waals surface area contributed by atoms with Crippen molar-refractivity contribution in [2.24, 2.45) is 0 Å². The molecule has 1 fully saturated rings. The topological polar surface area (TPSA) is 79.0 Å². The summed E-state index contributed by atoms with van der Waals surface area (Å²) in [6, 6.07) is 44.2. The van der Waals surface area contributed by atoms with Gasteiger partial charge in [0.2, 0.25) is 0 Å². The number of amides is 3. The van der Waals surface area contributed by atoms with E-state index in [0.717, 1.165) is 55.7 Å². The predicted molar refractivity (Wildman–Crippen MR) is 207 cm³/mol. The maximum Gasteiger partial charge on any atom is 0.408 e. The number of ether oxygens (including phenoxy) is 1. The van der Waals surface area contributed by atoms with Gasteiger partial charge in [0, 0.05) is 25.2 Å². The summed E-state index contributed by atoms with van der Waals surface area (Å²) in [6.45, 7) is 4.44. The molecule has 5 aromatic carbocycles. The first-order valence-corrected chi connectivity index (χ1v) is 18.5. The summed E-state index contributed by atoms with van der Waals surface area (Å²) in [5, 5.41) is 3.10. The number of carbonyl (C=O) groups excluding carboxylic acids is 3. The van der Waals surface area contributed by atoms with Crippen molar-refractivity contribution in [3.8, 4) is 11.1 Å². The predicted octanol–water partition coefficient (Wildman–Crippen LogP) is 7.71. The number of hydrogen-bond donors (Lipinski definition) is 1. The Morgan fingerprint density at radius 1 is 0.698 bits per heavy atom. The molecule has 0 spiro atoms. The molecule has 2 aliphatic heterocycles. The van der Waals surface area contributed by atoms with Crippen molar-refractivity contribution in [1.29, 1.82) is 0 Å². The number of quaternary nitrogens is 1. The number of nitrogens with zero attached hydrogens (tertiary/aromatic N) is 3. The highest BCUT2D eigenvalue weighted by Gasteiger charge is 2.36. The van der Waals surface area contributed by atoms with Crippen LogP contribution in [0.25, 0.3) is 11.1 Å². The molecule has 5 aromatic rings. The molecule has 2 heterocycles. The average molecular weight is 708 g/mol. The summed E-state index contributed by atoms with van der Waals surface area (Å²) in [5.41, 5.74) is 7.82. The van der Waals surface area contributed by atoms with Gasteiger partial charge in [-0.05, 0) is 52.8 Å². The van der Waals surface area contributed by atoms with Gasteiger partial charge in [-0.25, -0.2) is 4.79 Å². The third-order valence-corrected chi connectivity index (χ3v) is 10.4. The van der Waals surface area contributed by atoms with Crippen molar-refractivity contribution < 1.29 is 23.6 Å². The second-order valence-electron chi connectivity index (χ2n) is 14.8. The molecule has 3 amide bonds. The van der Waals surface area contributed by atoms with Crippen LogP contribution in [0.4, 0.5) is 4.79 Å². The molecule has 270 valence electrons. The molecule has 0 saturated carbocycles. The lowest BCUT2D eigenvalue weighted by Gasteiger charge is -2.32. The summed E-state index contributed by atoms with van der Waals surface area (Å²) in [7, 11) is 4.26. The lowest BCUT2D eigenvalue weighted by atomic mass is 9.99. The minimum absolute atomic E-state index is 0.107. The van der Waals surface area contributed by atoms with E-state index in [1.807, 2.05) is 60.7 Å². The van der Waals surface area contributed by atoms with E-state index in [4.69, 9.17) is 4.74 Å². The van der Waals surface area contributed by atoms with Crippen LogP contribution in [0.15, 0.2) is 133 Å². The Morgan fingerprint density at radius 3 is 1.72 bits per heavy atom. The van der Waals surface area contributed by atoms with Crippen LogP contribution in [0.5, 0.6) is 0 Å². The van der Waals surface area contributed by atoms with E-state index in [0.29, 0.717) is 28.7 Å². The normalized spacial score (nSPS) is 15.1. The van der Waals surface area contributed by atoms with Crippen LogP contribution in [0.3, 0.4) is 0 Å². The van der Waals surface area contributed by atoms with Crippen molar-refractivity contribution >= 4 is 17.9 Å². The van der Waals surface area contributed by atoms with E-state index in [1.54, 1.807) is 24.3 Å². The molecule has 1 saturated heterocycles. The van der Waals surface area contributed by atoms with E-state index in [2.05, 4.69) is 72.8 Å². The maximum atomic E-state index is 13.0. The molecule has 0 unspecified atom stereocenters. The number of alkyl carbamates (subject to hydrolysis) is 1. The molecule has 0 radical (unpaired) electrons. The van der Waals surface area contributed by atoms with E-state index in [9.17, 15) is 14.4 Å². The molecule has 2 aliphatic rings. The first kappa shape index (κ1) is 35.8.